The van der Waals surface area contributed by atoms with Crippen molar-refractivity contribution in [1.29, 1.82) is 0 Å². The molecule has 0 fully saturated rings. The summed E-state index contributed by atoms with van der Waals surface area (Å²) < 4.78 is 0. The van der Waals surface area contributed by atoms with Gasteiger partial charge in [-0.05, 0) is 12.5 Å². The third kappa shape index (κ3) is 3.96. The molecule has 4 nitrogen and oxygen atoms in total. The van der Waals surface area contributed by atoms with Crippen LogP contribution in [0.25, 0.3) is 0 Å². The molecule has 1 unspecified atom stereocenters. The first-order valence-electron chi connectivity index (χ1n) is 4.86. The predicted molar refractivity (Wildman–Crippen MR) is 59.8 cm³/mol. The molecule has 0 aromatic heterocycles. The highest BCUT2D eigenvalue weighted by Gasteiger charge is 2.06. The van der Waals surface area contributed by atoms with Crippen LogP contribution in [0.15, 0.2) is 42.5 Å². The van der Waals surface area contributed by atoms with E-state index in [4.69, 9.17) is 5.11 Å². The van der Waals surface area contributed by atoms with Gasteiger partial charge in [-0.2, -0.15) is 0 Å². The summed E-state index contributed by atoms with van der Waals surface area (Å²) in [6.45, 7) is 1.84. The standard InChI is InChI=1S/C12H13NO3/c1-9(10-5-3-2-4-6-10)13-11(14)7-8-12(15)16/h2-9H,1H3,(H,13,14)(H,15,16). The highest BCUT2D eigenvalue weighted by molar-refractivity contribution is 5.94. The molecule has 1 atom stereocenters. The molecule has 0 bridgehead atoms. The smallest absolute Gasteiger partial charge is 0.328 e. The number of benzene rings is 1. The van der Waals surface area contributed by atoms with Gasteiger partial charge in [0.2, 0.25) is 5.91 Å². The summed E-state index contributed by atoms with van der Waals surface area (Å²) in [5.41, 5.74) is 0.972. The molecule has 0 aliphatic heterocycles. The zero-order valence-electron chi connectivity index (χ0n) is 8.88. The van der Waals surface area contributed by atoms with Gasteiger partial charge < -0.3 is 10.4 Å². The zero-order chi connectivity index (χ0) is 12.0. The highest BCUT2D eigenvalue weighted by atomic mass is 16.4. The van der Waals surface area contributed by atoms with Gasteiger partial charge in [-0.15, -0.1) is 0 Å². The van der Waals surface area contributed by atoms with Crippen molar-refractivity contribution in [1.82, 2.24) is 5.32 Å². The molecule has 16 heavy (non-hydrogen) atoms. The van der Waals surface area contributed by atoms with Crippen LogP contribution in [0.1, 0.15) is 18.5 Å². The molecule has 4 heteroatoms. The van der Waals surface area contributed by atoms with Crippen LogP contribution >= 0.6 is 0 Å². The van der Waals surface area contributed by atoms with Gasteiger partial charge in [-0.1, -0.05) is 30.3 Å². The Bertz CT molecular complexity index is 398. The summed E-state index contributed by atoms with van der Waals surface area (Å²) >= 11 is 0. The first-order valence-corrected chi connectivity index (χ1v) is 4.86. The third-order valence-electron chi connectivity index (χ3n) is 2.04. The van der Waals surface area contributed by atoms with Gasteiger partial charge in [0.1, 0.15) is 0 Å². The van der Waals surface area contributed by atoms with E-state index in [0.717, 1.165) is 17.7 Å². The van der Waals surface area contributed by atoms with Crippen molar-refractivity contribution in [2.75, 3.05) is 0 Å². The van der Waals surface area contributed by atoms with Crippen molar-refractivity contribution in [2.45, 2.75) is 13.0 Å². The molecule has 1 amide bonds. The van der Waals surface area contributed by atoms with Gasteiger partial charge in [-0.25, -0.2) is 4.79 Å². The van der Waals surface area contributed by atoms with E-state index < -0.39 is 11.9 Å². The largest absolute Gasteiger partial charge is 0.478 e. The number of carboxylic acid groups (broad SMARTS) is 1. The quantitative estimate of drug-likeness (QED) is 0.754. The average molecular weight is 219 g/mol. The van der Waals surface area contributed by atoms with Crippen LogP contribution in [-0.2, 0) is 9.59 Å². The summed E-state index contributed by atoms with van der Waals surface area (Å²) in [5, 5.41) is 11.0. The van der Waals surface area contributed by atoms with Crippen molar-refractivity contribution in [2.24, 2.45) is 0 Å². The molecule has 1 aromatic rings. The van der Waals surface area contributed by atoms with Crippen molar-refractivity contribution in [3.63, 3.8) is 0 Å². The van der Waals surface area contributed by atoms with Gasteiger partial charge in [0.05, 0.1) is 6.04 Å². The van der Waals surface area contributed by atoms with Gasteiger partial charge in [0.15, 0.2) is 0 Å². The minimum Gasteiger partial charge on any atom is -0.478 e. The maximum absolute atomic E-state index is 11.3. The molecule has 1 aromatic carbocycles. The SMILES string of the molecule is CC(NC(=O)C=CC(=O)O)c1ccccc1. The molecule has 0 saturated heterocycles. The zero-order valence-corrected chi connectivity index (χ0v) is 8.88. The molecule has 0 aliphatic carbocycles. The van der Waals surface area contributed by atoms with Crippen molar-refractivity contribution in [3.8, 4) is 0 Å². The molecule has 0 radical (unpaired) electrons. The minimum atomic E-state index is -1.14. The second kappa shape index (κ2) is 5.70. The number of carbonyl (C=O) groups excluding carboxylic acids is 1. The summed E-state index contributed by atoms with van der Waals surface area (Å²) in [5.74, 6) is -1.55. The first-order chi connectivity index (χ1) is 7.59. The first kappa shape index (κ1) is 12.0. The van der Waals surface area contributed by atoms with Gasteiger partial charge in [0, 0.05) is 12.2 Å². The van der Waals surface area contributed by atoms with E-state index in [1.807, 2.05) is 37.3 Å². The van der Waals surface area contributed by atoms with Crippen LogP contribution in [-0.4, -0.2) is 17.0 Å². The number of nitrogens with one attached hydrogen (secondary N) is 1. The number of carboxylic acids is 1. The van der Waals surface area contributed by atoms with E-state index in [9.17, 15) is 9.59 Å². The maximum atomic E-state index is 11.3. The Morgan fingerprint density at radius 3 is 2.44 bits per heavy atom. The molecule has 2 N–H and O–H groups in total. The summed E-state index contributed by atoms with van der Waals surface area (Å²) in [7, 11) is 0. The molecule has 1 rings (SSSR count). The van der Waals surface area contributed by atoms with E-state index >= 15 is 0 Å². The molecule has 0 spiro atoms. The molecule has 0 saturated carbocycles. The van der Waals surface area contributed by atoms with Gasteiger partial charge in [-0.3, -0.25) is 4.79 Å². The fourth-order valence-electron chi connectivity index (χ4n) is 1.23. The monoisotopic (exact) mass is 219 g/mol. The van der Waals surface area contributed by atoms with E-state index in [2.05, 4.69) is 5.32 Å². The lowest BCUT2D eigenvalue weighted by molar-refractivity contribution is -0.131. The van der Waals surface area contributed by atoms with E-state index in [1.54, 1.807) is 0 Å². The van der Waals surface area contributed by atoms with Crippen LogP contribution in [0.3, 0.4) is 0 Å². The Hall–Kier alpha value is -2.10. The normalized spacial score (nSPS) is 12.3. The second-order valence-corrected chi connectivity index (χ2v) is 3.31. The lowest BCUT2D eigenvalue weighted by Gasteiger charge is -2.12. The number of amides is 1. The van der Waals surface area contributed by atoms with Crippen LogP contribution in [0.2, 0.25) is 0 Å². The summed E-state index contributed by atoms with van der Waals surface area (Å²) in [6, 6.07) is 9.29. The molecule has 0 aliphatic rings. The summed E-state index contributed by atoms with van der Waals surface area (Å²) in [6.07, 6.45) is 1.81. The van der Waals surface area contributed by atoms with Crippen LogP contribution in [0.5, 0.6) is 0 Å². The third-order valence-corrected chi connectivity index (χ3v) is 2.04. The number of carbonyl (C=O) groups is 2. The Morgan fingerprint density at radius 1 is 1.25 bits per heavy atom. The fraction of sp³-hybridized carbons (Fsp3) is 0.167. The summed E-state index contributed by atoms with van der Waals surface area (Å²) in [4.78, 5) is 21.5. The van der Waals surface area contributed by atoms with Crippen LogP contribution in [0.4, 0.5) is 0 Å². The Labute approximate surface area is 93.6 Å². The lowest BCUT2D eigenvalue weighted by atomic mass is 10.1. The van der Waals surface area contributed by atoms with E-state index in [-0.39, 0.29) is 6.04 Å². The van der Waals surface area contributed by atoms with Crippen LogP contribution < -0.4 is 5.32 Å². The van der Waals surface area contributed by atoms with Gasteiger partial charge in [0.25, 0.3) is 0 Å². The van der Waals surface area contributed by atoms with Crippen molar-refractivity contribution >= 4 is 11.9 Å². The fourth-order valence-corrected chi connectivity index (χ4v) is 1.23. The predicted octanol–water partition coefficient (Wildman–Crippen LogP) is 1.50. The molecular formula is C12H13NO3. The molecule has 0 heterocycles. The minimum absolute atomic E-state index is 0.146. The highest BCUT2D eigenvalue weighted by Crippen LogP contribution is 2.10. The lowest BCUT2D eigenvalue weighted by Crippen LogP contribution is -2.24. The average Bonchev–Trinajstić information content (AvgIpc) is 2.27. The number of hydrogen-bond donors (Lipinski definition) is 2. The van der Waals surface area contributed by atoms with Crippen molar-refractivity contribution in [3.05, 3.63) is 48.0 Å². The van der Waals surface area contributed by atoms with Gasteiger partial charge >= 0.3 is 5.97 Å². The molecule has 84 valence electrons. The van der Waals surface area contributed by atoms with E-state index in [1.165, 1.54) is 0 Å². The topological polar surface area (TPSA) is 66.4 Å². The second-order valence-electron chi connectivity index (χ2n) is 3.31. The van der Waals surface area contributed by atoms with E-state index in [0.29, 0.717) is 0 Å². The van der Waals surface area contributed by atoms with Crippen molar-refractivity contribution < 1.29 is 14.7 Å². The molecular weight excluding hydrogens is 206 g/mol. The maximum Gasteiger partial charge on any atom is 0.328 e. The van der Waals surface area contributed by atoms with Crippen LogP contribution in [0, 0.1) is 0 Å². The number of hydrogen-bond acceptors (Lipinski definition) is 2. The number of aliphatic carboxylic acids is 1. The number of rotatable bonds is 4. The Kier molecular flexibility index (Phi) is 4.27. The Balaban J connectivity index is 2.55. The Morgan fingerprint density at radius 2 is 1.88 bits per heavy atom.